The highest BCUT2D eigenvalue weighted by Gasteiger charge is 2.04. The second-order valence-electron chi connectivity index (χ2n) is 3.45. The number of aryl methyl sites for hydroxylation is 1. The van der Waals surface area contributed by atoms with Gasteiger partial charge in [-0.2, -0.15) is 4.98 Å². The Bertz CT molecular complexity index is 331. The Morgan fingerprint density at radius 1 is 1.53 bits per heavy atom. The average molecular weight is 211 g/mol. The van der Waals surface area contributed by atoms with E-state index in [1.54, 1.807) is 14.0 Å². The topological polar surface area (TPSA) is 75.3 Å². The maximum absolute atomic E-state index is 4.85. The van der Waals surface area contributed by atoms with Crippen molar-refractivity contribution >= 4 is 5.96 Å². The molecule has 0 radical (unpaired) electrons. The van der Waals surface area contributed by atoms with E-state index in [4.69, 9.17) is 4.52 Å². The van der Waals surface area contributed by atoms with Gasteiger partial charge in [0.1, 0.15) is 0 Å². The first-order chi connectivity index (χ1) is 7.11. The zero-order valence-corrected chi connectivity index (χ0v) is 9.53. The van der Waals surface area contributed by atoms with Gasteiger partial charge in [0.15, 0.2) is 11.8 Å². The lowest BCUT2D eigenvalue weighted by molar-refractivity contribution is 0.386. The molecule has 6 heteroatoms. The Labute approximate surface area is 89.2 Å². The molecule has 0 unspecified atom stereocenters. The lowest BCUT2D eigenvalue weighted by Crippen LogP contribution is -2.40. The molecule has 1 aromatic rings. The van der Waals surface area contributed by atoms with Gasteiger partial charge in [-0.3, -0.25) is 4.99 Å². The van der Waals surface area contributed by atoms with Crippen molar-refractivity contribution < 1.29 is 4.52 Å². The maximum atomic E-state index is 4.85. The van der Waals surface area contributed by atoms with Crippen LogP contribution in [0.3, 0.4) is 0 Å². The summed E-state index contributed by atoms with van der Waals surface area (Å²) < 4.78 is 4.85. The molecule has 0 atom stereocenters. The monoisotopic (exact) mass is 211 g/mol. The minimum Gasteiger partial charge on any atom is -0.354 e. The fourth-order valence-electron chi connectivity index (χ4n) is 1.04. The molecule has 15 heavy (non-hydrogen) atoms. The predicted molar refractivity (Wildman–Crippen MR) is 57.5 cm³/mol. The first-order valence-corrected chi connectivity index (χ1v) is 4.88. The molecular formula is C9H17N5O. The van der Waals surface area contributed by atoms with E-state index in [0.29, 0.717) is 24.3 Å². The molecule has 0 spiro atoms. The molecule has 0 amide bonds. The molecule has 0 aliphatic carbocycles. The first kappa shape index (κ1) is 11.5. The van der Waals surface area contributed by atoms with Gasteiger partial charge >= 0.3 is 0 Å². The average Bonchev–Trinajstić information content (AvgIpc) is 2.58. The number of nitrogens with one attached hydrogen (secondary N) is 2. The molecule has 0 fully saturated rings. The summed E-state index contributed by atoms with van der Waals surface area (Å²) in [5.41, 5.74) is 0. The Kier molecular flexibility index (Phi) is 4.08. The highest BCUT2D eigenvalue weighted by atomic mass is 16.5. The fraction of sp³-hybridized carbons (Fsp3) is 0.667. The predicted octanol–water partition coefficient (Wildman–Crippen LogP) is 0.451. The van der Waals surface area contributed by atoms with Gasteiger partial charge in [0.2, 0.25) is 5.89 Å². The summed E-state index contributed by atoms with van der Waals surface area (Å²) in [7, 11) is 1.72. The van der Waals surface area contributed by atoms with Crippen LogP contribution in [-0.4, -0.2) is 29.2 Å². The molecule has 0 saturated heterocycles. The van der Waals surface area contributed by atoms with Crippen LogP contribution in [0, 0.1) is 6.92 Å². The van der Waals surface area contributed by atoms with Gasteiger partial charge in [0.05, 0.1) is 6.54 Å². The number of rotatable bonds is 3. The molecule has 0 aliphatic heterocycles. The van der Waals surface area contributed by atoms with Crippen molar-refractivity contribution in [3.05, 3.63) is 11.7 Å². The second kappa shape index (κ2) is 5.33. The molecule has 0 aliphatic rings. The molecule has 2 N–H and O–H groups in total. The number of aromatic nitrogens is 2. The highest BCUT2D eigenvalue weighted by Crippen LogP contribution is 1.93. The standard InChI is InChI=1S/C9H17N5O/c1-6(2)12-9(10-4)11-5-8-13-7(3)15-14-8/h6H,5H2,1-4H3,(H2,10,11,12). The first-order valence-electron chi connectivity index (χ1n) is 4.88. The summed E-state index contributed by atoms with van der Waals surface area (Å²) in [4.78, 5) is 8.13. The van der Waals surface area contributed by atoms with Gasteiger partial charge < -0.3 is 15.2 Å². The Balaban J connectivity index is 2.41. The van der Waals surface area contributed by atoms with E-state index in [9.17, 15) is 0 Å². The number of guanidine groups is 1. The van der Waals surface area contributed by atoms with Crippen LogP contribution in [0.5, 0.6) is 0 Å². The third kappa shape index (κ3) is 3.97. The van der Waals surface area contributed by atoms with Crippen LogP contribution in [-0.2, 0) is 6.54 Å². The Morgan fingerprint density at radius 2 is 2.27 bits per heavy atom. The summed E-state index contributed by atoms with van der Waals surface area (Å²) in [6, 6.07) is 0.336. The van der Waals surface area contributed by atoms with Gasteiger partial charge in [-0.15, -0.1) is 0 Å². The molecule has 1 aromatic heterocycles. The van der Waals surface area contributed by atoms with Gasteiger partial charge in [-0.25, -0.2) is 0 Å². The Hall–Kier alpha value is -1.59. The van der Waals surface area contributed by atoms with Crippen LogP contribution in [0.4, 0.5) is 0 Å². The fourth-order valence-corrected chi connectivity index (χ4v) is 1.04. The number of nitrogens with zero attached hydrogens (tertiary/aromatic N) is 3. The van der Waals surface area contributed by atoms with E-state index in [0.717, 1.165) is 5.96 Å². The van der Waals surface area contributed by atoms with E-state index >= 15 is 0 Å². The molecule has 84 valence electrons. The summed E-state index contributed by atoms with van der Waals surface area (Å²) in [6.07, 6.45) is 0. The van der Waals surface area contributed by atoms with Crippen molar-refractivity contribution in [2.45, 2.75) is 33.4 Å². The molecule has 1 rings (SSSR count). The smallest absolute Gasteiger partial charge is 0.223 e. The van der Waals surface area contributed by atoms with Gasteiger partial charge in [0.25, 0.3) is 0 Å². The van der Waals surface area contributed by atoms with Crippen LogP contribution >= 0.6 is 0 Å². The van der Waals surface area contributed by atoms with E-state index in [1.807, 2.05) is 13.8 Å². The largest absolute Gasteiger partial charge is 0.354 e. The van der Waals surface area contributed by atoms with Crippen molar-refractivity contribution in [3.63, 3.8) is 0 Å². The molecule has 0 aromatic carbocycles. The highest BCUT2D eigenvalue weighted by molar-refractivity contribution is 5.79. The lowest BCUT2D eigenvalue weighted by atomic mass is 10.4. The van der Waals surface area contributed by atoms with Crippen LogP contribution in [0.15, 0.2) is 9.52 Å². The number of hydrogen-bond donors (Lipinski definition) is 2. The maximum Gasteiger partial charge on any atom is 0.223 e. The third-order valence-corrected chi connectivity index (χ3v) is 1.63. The number of aliphatic imine (C=N–C) groups is 1. The van der Waals surface area contributed by atoms with Crippen molar-refractivity contribution in [1.82, 2.24) is 20.8 Å². The quantitative estimate of drug-likeness (QED) is 0.561. The molecule has 0 bridgehead atoms. The molecule has 0 saturated carbocycles. The zero-order chi connectivity index (χ0) is 11.3. The van der Waals surface area contributed by atoms with Crippen molar-refractivity contribution in [2.24, 2.45) is 4.99 Å². The molecule has 1 heterocycles. The van der Waals surface area contributed by atoms with E-state index in [1.165, 1.54) is 0 Å². The summed E-state index contributed by atoms with van der Waals surface area (Å²) in [6.45, 7) is 6.36. The minimum atomic E-state index is 0.336. The third-order valence-electron chi connectivity index (χ3n) is 1.63. The second-order valence-corrected chi connectivity index (χ2v) is 3.45. The molecular weight excluding hydrogens is 194 g/mol. The Morgan fingerprint density at radius 3 is 2.73 bits per heavy atom. The summed E-state index contributed by atoms with van der Waals surface area (Å²) >= 11 is 0. The summed E-state index contributed by atoms with van der Waals surface area (Å²) in [5.74, 6) is 1.92. The van der Waals surface area contributed by atoms with Crippen molar-refractivity contribution in [3.8, 4) is 0 Å². The SMILES string of the molecule is CN=C(NCc1noc(C)n1)NC(C)C. The van der Waals surface area contributed by atoms with E-state index in [2.05, 4.69) is 25.8 Å². The van der Waals surface area contributed by atoms with Crippen molar-refractivity contribution in [2.75, 3.05) is 7.05 Å². The summed E-state index contributed by atoms with van der Waals surface area (Å²) in [5, 5.41) is 10.0. The van der Waals surface area contributed by atoms with E-state index in [-0.39, 0.29) is 0 Å². The van der Waals surface area contributed by atoms with Crippen LogP contribution in [0.1, 0.15) is 25.6 Å². The van der Waals surface area contributed by atoms with E-state index < -0.39 is 0 Å². The van der Waals surface area contributed by atoms with Crippen LogP contribution in [0.25, 0.3) is 0 Å². The zero-order valence-electron chi connectivity index (χ0n) is 9.53. The van der Waals surface area contributed by atoms with Gasteiger partial charge in [-0.05, 0) is 13.8 Å². The van der Waals surface area contributed by atoms with Crippen LogP contribution < -0.4 is 10.6 Å². The minimum absolute atomic E-state index is 0.336. The number of hydrogen-bond acceptors (Lipinski definition) is 4. The van der Waals surface area contributed by atoms with Gasteiger partial charge in [0, 0.05) is 20.0 Å². The lowest BCUT2D eigenvalue weighted by Gasteiger charge is -2.12. The van der Waals surface area contributed by atoms with Crippen molar-refractivity contribution in [1.29, 1.82) is 0 Å². The van der Waals surface area contributed by atoms with Crippen LogP contribution in [0.2, 0.25) is 0 Å². The normalized spacial score (nSPS) is 11.9. The molecule has 6 nitrogen and oxygen atoms in total. The van der Waals surface area contributed by atoms with Gasteiger partial charge in [-0.1, -0.05) is 5.16 Å².